The van der Waals surface area contributed by atoms with E-state index in [0.717, 1.165) is 50.0 Å². The number of ether oxygens (including phenoxy) is 1. The number of methoxy groups -OCH3 is 1. The minimum absolute atomic E-state index is 0.0752. The van der Waals surface area contributed by atoms with Crippen LogP contribution in [0.25, 0.3) is 21.9 Å². The number of pyridine rings is 2. The van der Waals surface area contributed by atoms with E-state index in [4.69, 9.17) is 16.3 Å². The summed E-state index contributed by atoms with van der Waals surface area (Å²) in [4.78, 5) is 60.4. The number of likely N-dealkylation sites (tertiary alicyclic amines) is 1. The van der Waals surface area contributed by atoms with Gasteiger partial charge in [0.05, 0.1) is 23.2 Å². The molecule has 1 unspecified atom stereocenters. The number of fused-ring (bicyclic) bond motifs is 1. The lowest BCUT2D eigenvalue weighted by Crippen LogP contribution is -2.49. The standard InChI is InChI=1S/C40H45ClFN7O5/c1-46-22-30(28-8-13-43-21-29(28)40(46)53)25-18-33(42)31(36(19-25)54-3)23-48-14-11-27(12-15-48)47(2)39(52)24-9-16-49(17-10-24)35-6-4-26(20-32(35)41)44-34-5-7-37(50)45-38(34)51/h4,6,8,13,18-22,24,27,34,44H,5,7,9-12,14-17,23H2,1-3H3,(H,45,50,51). The van der Waals surface area contributed by atoms with Gasteiger partial charge < -0.3 is 24.4 Å². The Balaban J connectivity index is 0.923. The van der Waals surface area contributed by atoms with Crippen molar-refractivity contribution in [2.45, 2.75) is 57.2 Å². The number of nitrogens with zero attached hydrogens (tertiary/aromatic N) is 5. The second-order valence-electron chi connectivity index (χ2n) is 14.6. The Kier molecular flexibility index (Phi) is 10.9. The zero-order valence-corrected chi connectivity index (χ0v) is 31.5. The lowest BCUT2D eigenvalue weighted by Gasteiger charge is -2.40. The highest BCUT2D eigenvalue weighted by atomic mass is 35.5. The van der Waals surface area contributed by atoms with Crippen molar-refractivity contribution in [1.29, 1.82) is 0 Å². The van der Waals surface area contributed by atoms with Crippen LogP contribution in [0.2, 0.25) is 5.02 Å². The molecule has 2 N–H and O–H groups in total. The third-order valence-corrected chi connectivity index (χ3v) is 11.5. The van der Waals surface area contributed by atoms with E-state index in [1.54, 1.807) is 31.6 Å². The maximum atomic E-state index is 15.8. The first-order valence-corrected chi connectivity index (χ1v) is 18.8. The topological polar surface area (TPSA) is 129 Å². The number of nitrogens with one attached hydrogen (secondary N) is 2. The molecule has 1 atom stereocenters. The van der Waals surface area contributed by atoms with Gasteiger partial charge in [0.1, 0.15) is 17.6 Å². The van der Waals surface area contributed by atoms with Crippen LogP contribution in [0.5, 0.6) is 5.75 Å². The molecule has 2 aromatic heterocycles. The summed E-state index contributed by atoms with van der Waals surface area (Å²) in [6.45, 7) is 3.22. The van der Waals surface area contributed by atoms with Gasteiger partial charge in [0.25, 0.3) is 5.56 Å². The summed E-state index contributed by atoms with van der Waals surface area (Å²) in [7, 11) is 5.11. The van der Waals surface area contributed by atoms with Crippen LogP contribution in [0.1, 0.15) is 44.1 Å². The van der Waals surface area contributed by atoms with Crippen molar-refractivity contribution in [2.24, 2.45) is 13.0 Å². The largest absolute Gasteiger partial charge is 0.496 e. The van der Waals surface area contributed by atoms with Gasteiger partial charge in [0, 0.05) is 101 Å². The van der Waals surface area contributed by atoms with Crippen molar-refractivity contribution in [1.82, 2.24) is 24.7 Å². The molecule has 7 rings (SSSR count). The van der Waals surface area contributed by atoms with E-state index in [2.05, 4.69) is 25.4 Å². The summed E-state index contributed by atoms with van der Waals surface area (Å²) in [5.41, 5.74) is 3.24. The van der Waals surface area contributed by atoms with Crippen molar-refractivity contribution >= 4 is 51.5 Å². The summed E-state index contributed by atoms with van der Waals surface area (Å²) < 4.78 is 23.0. The number of aryl methyl sites for hydroxylation is 1. The second kappa shape index (κ2) is 15.8. The van der Waals surface area contributed by atoms with Gasteiger partial charge in [-0.25, -0.2) is 4.39 Å². The lowest BCUT2D eigenvalue weighted by molar-refractivity contribution is -0.138. The van der Waals surface area contributed by atoms with Crippen molar-refractivity contribution in [2.75, 3.05) is 50.6 Å². The molecule has 0 radical (unpaired) electrons. The number of carbonyl (C=O) groups excluding carboxylic acids is 3. The number of hydrogen-bond acceptors (Lipinski definition) is 9. The van der Waals surface area contributed by atoms with E-state index in [9.17, 15) is 19.2 Å². The van der Waals surface area contributed by atoms with E-state index in [-0.39, 0.29) is 41.1 Å². The number of amides is 3. The molecular weight excluding hydrogens is 713 g/mol. The molecule has 14 heteroatoms. The quantitative estimate of drug-likeness (QED) is 0.228. The molecule has 12 nitrogen and oxygen atoms in total. The van der Waals surface area contributed by atoms with Gasteiger partial charge >= 0.3 is 0 Å². The Hall–Kier alpha value is -5.01. The van der Waals surface area contributed by atoms with Gasteiger partial charge in [-0.1, -0.05) is 11.6 Å². The molecular formula is C40H45ClFN7O5. The fourth-order valence-electron chi connectivity index (χ4n) is 8.05. The number of benzene rings is 2. The third-order valence-electron chi connectivity index (χ3n) is 11.2. The number of carbonyl (C=O) groups is 3. The van der Waals surface area contributed by atoms with E-state index >= 15 is 4.39 Å². The van der Waals surface area contributed by atoms with E-state index in [0.29, 0.717) is 70.8 Å². The molecule has 3 aliphatic heterocycles. The molecule has 3 saturated heterocycles. The minimum atomic E-state index is -0.486. The van der Waals surface area contributed by atoms with Crippen molar-refractivity contribution < 1.29 is 23.5 Å². The van der Waals surface area contributed by atoms with E-state index in [1.807, 2.05) is 30.1 Å². The molecule has 4 aromatic rings. The monoisotopic (exact) mass is 757 g/mol. The lowest BCUT2D eigenvalue weighted by atomic mass is 9.93. The molecule has 3 aliphatic rings. The molecule has 0 spiro atoms. The highest BCUT2D eigenvalue weighted by molar-refractivity contribution is 6.33. The number of imide groups is 1. The smallest absolute Gasteiger partial charge is 0.259 e. The first-order valence-electron chi connectivity index (χ1n) is 18.4. The predicted octanol–water partition coefficient (Wildman–Crippen LogP) is 4.96. The Labute approximate surface area is 318 Å². The first-order chi connectivity index (χ1) is 26.0. The molecule has 54 heavy (non-hydrogen) atoms. The van der Waals surface area contributed by atoms with Gasteiger partial charge in [-0.15, -0.1) is 0 Å². The second-order valence-corrected chi connectivity index (χ2v) is 15.0. The van der Waals surface area contributed by atoms with Gasteiger partial charge in [-0.3, -0.25) is 34.4 Å². The van der Waals surface area contributed by atoms with Crippen LogP contribution in [-0.2, 0) is 28.0 Å². The van der Waals surface area contributed by atoms with Gasteiger partial charge in [0.15, 0.2) is 0 Å². The summed E-state index contributed by atoms with van der Waals surface area (Å²) in [6, 6.07) is 10.3. The molecule has 0 aliphatic carbocycles. The van der Waals surface area contributed by atoms with Crippen molar-refractivity contribution in [3.8, 4) is 16.9 Å². The highest BCUT2D eigenvalue weighted by Gasteiger charge is 2.33. The van der Waals surface area contributed by atoms with Crippen LogP contribution in [0.15, 0.2) is 59.8 Å². The normalized spacial score (nSPS) is 18.8. The van der Waals surface area contributed by atoms with Crippen LogP contribution >= 0.6 is 11.6 Å². The molecule has 0 saturated carbocycles. The van der Waals surface area contributed by atoms with Crippen LogP contribution in [0, 0.1) is 11.7 Å². The van der Waals surface area contributed by atoms with Crippen molar-refractivity contribution in [3.63, 3.8) is 0 Å². The van der Waals surface area contributed by atoms with E-state index < -0.39 is 6.04 Å². The maximum absolute atomic E-state index is 15.8. The van der Waals surface area contributed by atoms with Gasteiger partial charge in [-0.05, 0) is 79.5 Å². The molecule has 3 fully saturated rings. The van der Waals surface area contributed by atoms with Gasteiger partial charge in [-0.2, -0.15) is 0 Å². The fourth-order valence-corrected chi connectivity index (χ4v) is 8.35. The average molecular weight is 758 g/mol. The van der Waals surface area contributed by atoms with Crippen LogP contribution in [0.4, 0.5) is 15.8 Å². The van der Waals surface area contributed by atoms with Crippen LogP contribution in [-0.4, -0.2) is 89.5 Å². The third kappa shape index (κ3) is 7.65. The molecule has 5 heterocycles. The summed E-state index contributed by atoms with van der Waals surface area (Å²) in [5, 5.41) is 7.26. The zero-order valence-electron chi connectivity index (χ0n) is 30.7. The summed E-state index contributed by atoms with van der Waals surface area (Å²) in [6.07, 6.45) is 8.61. The SMILES string of the molecule is COc1cc(-c2cn(C)c(=O)c3cnccc23)cc(F)c1CN1CCC(N(C)C(=O)C2CCN(c3ccc(NC4CCC(=O)NC4=O)cc3Cl)CC2)CC1. The summed E-state index contributed by atoms with van der Waals surface area (Å²) >= 11 is 6.69. The number of anilines is 2. The fraction of sp³-hybridized carbons (Fsp3) is 0.425. The number of hydrogen-bond donors (Lipinski definition) is 2. The minimum Gasteiger partial charge on any atom is -0.496 e. The number of piperidine rings is 3. The Bertz CT molecular complexity index is 2150. The van der Waals surface area contributed by atoms with Crippen LogP contribution < -0.4 is 25.8 Å². The summed E-state index contributed by atoms with van der Waals surface area (Å²) in [5.74, 6) is -0.432. The van der Waals surface area contributed by atoms with Crippen LogP contribution in [0.3, 0.4) is 0 Å². The number of aromatic nitrogens is 2. The first kappa shape index (κ1) is 37.3. The van der Waals surface area contributed by atoms with Crippen molar-refractivity contribution in [3.05, 3.63) is 81.7 Å². The number of rotatable bonds is 9. The highest BCUT2D eigenvalue weighted by Crippen LogP contribution is 2.36. The Morgan fingerprint density at radius 1 is 1.04 bits per heavy atom. The zero-order chi connectivity index (χ0) is 38.1. The molecule has 2 aromatic carbocycles. The Morgan fingerprint density at radius 2 is 1.80 bits per heavy atom. The molecule has 3 amide bonds. The van der Waals surface area contributed by atoms with E-state index in [1.165, 1.54) is 23.9 Å². The average Bonchev–Trinajstić information content (AvgIpc) is 3.18. The molecule has 284 valence electrons. The molecule has 0 bridgehead atoms. The van der Waals surface area contributed by atoms with Gasteiger partial charge in [0.2, 0.25) is 17.7 Å². The maximum Gasteiger partial charge on any atom is 0.259 e. The Morgan fingerprint density at radius 3 is 2.50 bits per heavy atom. The number of halogens is 2. The predicted molar refractivity (Wildman–Crippen MR) is 206 cm³/mol.